The summed E-state index contributed by atoms with van der Waals surface area (Å²) in [6, 6.07) is 15.2. The van der Waals surface area contributed by atoms with Gasteiger partial charge < -0.3 is 9.84 Å². The van der Waals surface area contributed by atoms with Crippen molar-refractivity contribution in [3.8, 4) is 5.75 Å². The number of aliphatic hydroxyl groups is 1. The van der Waals surface area contributed by atoms with E-state index in [2.05, 4.69) is 4.98 Å². The first-order chi connectivity index (χ1) is 14.9. The molecule has 1 aliphatic rings. The van der Waals surface area contributed by atoms with E-state index >= 15 is 0 Å². The minimum absolute atomic E-state index is 0.0471. The van der Waals surface area contributed by atoms with Gasteiger partial charge in [0.2, 0.25) is 0 Å². The van der Waals surface area contributed by atoms with Crippen molar-refractivity contribution in [3.63, 3.8) is 0 Å². The summed E-state index contributed by atoms with van der Waals surface area (Å²) >= 11 is 1.35. The quantitative estimate of drug-likeness (QED) is 0.355. The summed E-state index contributed by atoms with van der Waals surface area (Å²) in [5.74, 6) is -0.989. The van der Waals surface area contributed by atoms with Gasteiger partial charge in [0.15, 0.2) is 5.13 Å². The summed E-state index contributed by atoms with van der Waals surface area (Å²) in [7, 11) is 0. The second kappa shape index (κ2) is 8.35. The number of aromatic nitrogens is 1. The van der Waals surface area contributed by atoms with Crippen LogP contribution in [0.15, 0.2) is 60.2 Å². The molecule has 6 nitrogen and oxygen atoms in total. The second-order valence-corrected chi connectivity index (χ2v) is 8.36. The monoisotopic (exact) mass is 434 g/mol. The fourth-order valence-corrected chi connectivity index (χ4v) is 4.51. The van der Waals surface area contributed by atoms with Gasteiger partial charge in [-0.05, 0) is 50.6 Å². The van der Waals surface area contributed by atoms with E-state index in [1.165, 1.54) is 16.2 Å². The van der Waals surface area contributed by atoms with Gasteiger partial charge in [0.25, 0.3) is 5.78 Å². The van der Waals surface area contributed by atoms with Crippen LogP contribution in [0, 0.1) is 13.8 Å². The molecule has 1 amide bonds. The van der Waals surface area contributed by atoms with Crippen LogP contribution in [0.5, 0.6) is 5.75 Å². The van der Waals surface area contributed by atoms with Crippen LogP contribution in [-0.4, -0.2) is 28.4 Å². The van der Waals surface area contributed by atoms with Crippen molar-refractivity contribution in [1.82, 2.24) is 4.98 Å². The number of aliphatic hydroxyl groups excluding tert-OH is 1. The molecule has 0 bridgehead atoms. The number of hydrogen-bond acceptors (Lipinski definition) is 6. The smallest absolute Gasteiger partial charge is 0.301 e. The molecule has 0 spiro atoms. The van der Waals surface area contributed by atoms with Gasteiger partial charge in [-0.3, -0.25) is 14.5 Å². The Bertz CT molecular complexity index is 1150. The lowest BCUT2D eigenvalue weighted by Crippen LogP contribution is -2.29. The number of Topliss-reactive ketones (excluding diaryl/α,β-unsaturated/α-hetero) is 1. The third-order valence-electron chi connectivity index (χ3n) is 5.22. The number of aryl methyl sites for hydroxylation is 2. The molecule has 1 aliphatic heterocycles. The minimum atomic E-state index is -0.766. The molecule has 1 N–H and O–H groups in total. The maximum Gasteiger partial charge on any atom is 0.301 e. The molecule has 0 saturated carbocycles. The van der Waals surface area contributed by atoms with Gasteiger partial charge in [-0.25, -0.2) is 4.98 Å². The third kappa shape index (κ3) is 3.72. The maximum absolute atomic E-state index is 13.1. The van der Waals surface area contributed by atoms with E-state index in [1.807, 2.05) is 51.1 Å². The van der Waals surface area contributed by atoms with E-state index in [0.29, 0.717) is 23.1 Å². The van der Waals surface area contributed by atoms with Crippen LogP contribution < -0.4 is 9.64 Å². The van der Waals surface area contributed by atoms with Gasteiger partial charge in [-0.1, -0.05) is 30.3 Å². The molecule has 2 heterocycles. The highest BCUT2D eigenvalue weighted by Gasteiger charge is 2.48. The number of nitrogens with zero attached hydrogens (tertiary/aromatic N) is 2. The standard InChI is InChI=1S/C24H22N2O4S/c1-4-30-18-12-10-17(11-13-18)21(27)19-20(16-8-6-5-7-9-16)26(23(29)22(19)28)24-25-14(2)15(3)31-24/h5-13,20,27H,4H2,1-3H3/b21-19+/t20-/m0/s1. The Hall–Kier alpha value is -3.45. The van der Waals surface area contributed by atoms with E-state index < -0.39 is 17.7 Å². The number of carbonyl (C=O) groups is 2. The first-order valence-electron chi connectivity index (χ1n) is 9.95. The van der Waals surface area contributed by atoms with Gasteiger partial charge in [0.05, 0.1) is 23.9 Å². The van der Waals surface area contributed by atoms with Crippen molar-refractivity contribution in [2.75, 3.05) is 11.5 Å². The van der Waals surface area contributed by atoms with Gasteiger partial charge >= 0.3 is 5.91 Å². The van der Waals surface area contributed by atoms with Crippen molar-refractivity contribution in [2.45, 2.75) is 26.8 Å². The highest BCUT2D eigenvalue weighted by atomic mass is 32.1. The Morgan fingerprint density at radius 3 is 2.35 bits per heavy atom. The summed E-state index contributed by atoms with van der Waals surface area (Å²) in [6.07, 6.45) is 0. The summed E-state index contributed by atoms with van der Waals surface area (Å²) in [5, 5.41) is 11.5. The van der Waals surface area contributed by atoms with Crippen LogP contribution >= 0.6 is 11.3 Å². The normalized spacial score (nSPS) is 17.9. The highest BCUT2D eigenvalue weighted by molar-refractivity contribution is 7.16. The molecular weight excluding hydrogens is 412 g/mol. The Kier molecular flexibility index (Phi) is 5.61. The maximum atomic E-state index is 13.1. The number of benzene rings is 2. The summed E-state index contributed by atoms with van der Waals surface area (Å²) in [5.41, 5.74) is 2.01. The zero-order valence-electron chi connectivity index (χ0n) is 17.5. The van der Waals surface area contributed by atoms with E-state index in [-0.39, 0.29) is 11.3 Å². The van der Waals surface area contributed by atoms with Crippen LogP contribution in [0.1, 0.15) is 34.7 Å². The van der Waals surface area contributed by atoms with Gasteiger partial charge in [-0.2, -0.15) is 0 Å². The molecule has 0 unspecified atom stereocenters. The largest absolute Gasteiger partial charge is 0.507 e. The molecule has 7 heteroatoms. The van der Waals surface area contributed by atoms with Crippen molar-refractivity contribution in [1.29, 1.82) is 0 Å². The molecular formula is C24H22N2O4S. The van der Waals surface area contributed by atoms with Crippen LogP contribution in [0.2, 0.25) is 0 Å². The van der Waals surface area contributed by atoms with Crippen molar-refractivity contribution < 1.29 is 19.4 Å². The van der Waals surface area contributed by atoms with E-state index in [0.717, 1.165) is 16.1 Å². The predicted octanol–water partition coefficient (Wildman–Crippen LogP) is 4.78. The number of ketones is 1. The van der Waals surface area contributed by atoms with Crippen molar-refractivity contribution in [2.24, 2.45) is 0 Å². The SMILES string of the molecule is CCOc1ccc(/C(O)=C2\C(=O)C(=O)N(c3nc(C)c(C)s3)[C@H]2c2ccccc2)cc1. The average Bonchev–Trinajstić information content (AvgIpc) is 3.24. The molecule has 1 fully saturated rings. The van der Waals surface area contributed by atoms with Crippen LogP contribution in [-0.2, 0) is 9.59 Å². The Morgan fingerprint density at radius 1 is 1.10 bits per heavy atom. The summed E-state index contributed by atoms with van der Waals surface area (Å²) < 4.78 is 5.45. The first kappa shape index (κ1) is 20.8. The number of anilines is 1. The predicted molar refractivity (Wildman–Crippen MR) is 120 cm³/mol. The van der Waals surface area contributed by atoms with Gasteiger partial charge in [-0.15, -0.1) is 11.3 Å². The van der Waals surface area contributed by atoms with E-state index in [9.17, 15) is 14.7 Å². The van der Waals surface area contributed by atoms with Crippen LogP contribution in [0.25, 0.3) is 5.76 Å². The lowest BCUT2D eigenvalue weighted by atomic mass is 9.95. The molecule has 1 atom stereocenters. The molecule has 4 rings (SSSR count). The first-order valence-corrected chi connectivity index (χ1v) is 10.8. The van der Waals surface area contributed by atoms with E-state index in [4.69, 9.17) is 4.74 Å². The number of ether oxygens (including phenoxy) is 1. The molecule has 0 aliphatic carbocycles. The van der Waals surface area contributed by atoms with Crippen LogP contribution in [0.3, 0.4) is 0 Å². The fourth-order valence-electron chi connectivity index (χ4n) is 3.57. The van der Waals surface area contributed by atoms with Gasteiger partial charge in [0, 0.05) is 10.4 Å². The molecule has 0 radical (unpaired) electrons. The lowest BCUT2D eigenvalue weighted by Gasteiger charge is -2.23. The van der Waals surface area contributed by atoms with E-state index in [1.54, 1.807) is 24.3 Å². The molecule has 1 saturated heterocycles. The molecule has 158 valence electrons. The van der Waals surface area contributed by atoms with Crippen molar-refractivity contribution >= 4 is 33.9 Å². The highest BCUT2D eigenvalue weighted by Crippen LogP contribution is 2.43. The Labute approximate surface area is 184 Å². The lowest BCUT2D eigenvalue weighted by molar-refractivity contribution is -0.132. The number of thiazole rings is 1. The molecule has 1 aromatic heterocycles. The fraction of sp³-hybridized carbons (Fsp3) is 0.208. The molecule has 2 aromatic carbocycles. The molecule has 3 aromatic rings. The molecule has 31 heavy (non-hydrogen) atoms. The third-order valence-corrected chi connectivity index (χ3v) is 6.29. The number of hydrogen-bond donors (Lipinski definition) is 1. The Morgan fingerprint density at radius 2 is 1.77 bits per heavy atom. The topological polar surface area (TPSA) is 79.7 Å². The van der Waals surface area contributed by atoms with Crippen molar-refractivity contribution in [3.05, 3.63) is 81.9 Å². The van der Waals surface area contributed by atoms with Gasteiger partial charge in [0.1, 0.15) is 11.5 Å². The summed E-state index contributed by atoms with van der Waals surface area (Å²) in [6.45, 7) is 6.20. The zero-order valence-corrected chi connectivity index (χ0v) is 18.3. The summed E-state index contributed by atoms with van der Waals surface area (Å²) in [4.78, 5) is 33.0. The average molecular weight is 435 g/mol. The number of rotatable bonds is 5. The Balaban J connectivity index is 1.88. The second-order valence-electron chi connectivity index (χ2n) is 7.18. The van der Waals surface area contributed by atoms with Crippen LogP contribution in [0.4, 0.5) is 5.13 Å². The minimum Gasteiger partial charge on any atom is -0.507 e. The zero-order chi connectivity index (χ0) is 22.1. The number of amides is 1. The number of carbonyl (C=O) groups excluding carboxylic acids is 2.